The molecule has 1 N–H and O–H groups in total. The Bertz CT molecular complexity index is 651. The number of carbonyl (C=O) groups is 1. The van der Waals surface area contributed by atoms with E-state index in [1.807, 2.05) is 18.2 Å². The second-order valence-corrected chi connectivity index (χ2v) is 5.93. The Kier molecular flexibility index (Phi) is 4.91. The Morgan fingerprint density at radius 3 is 2.39 bits per heavy atom. The number of nitrogens with one attached hydrogen (secondary N) is 1. The third kappa shape index (κ3) is 4.09. The van der Waals surface area contributed by atoms with Crippen molar-refractivity contribution in [2.75, 3.05) is 18.0 Å². The number of hydrogen-bond donors (Lipinski definition) is 1. The Balaban J connectivity index is 1.49. The van der Waals surface area contributed by atoms with E-state index in [4.69, 9.17) is 0 Å². The van der Waals surface area contributed by atoms with Crippen LogP contribution in [0.1, 0.15) is 18.4 Å². The lowest BCUT2D eigenvalue weighted by atomic mass is 10.0. The van der Waals surface area contributed by atoms with Gasteiger partial charge in [-0.05, 0) is 36.6 Å². The van der Waals surface area contributed by atoms with Gasteiger partial charge >= 0.3 is 0 Å². The van der Waals surface area contributed by atoms with E-state index < -0.39 is 0 Å². The molecule has 1 amide bonds. The van der Waals surface area contributed by atoms with Gasteiger partial charge in [0.15, 0.2) is 0 Å². The van der Waals surface area contributed by atoms with Crippen LogP contribution < -0.4 is 10.2 Å². The lowest BCUT2D eigenvalue weighted by Gasteiger charge is -2.34. The molecule has 1 saturated heterocycles. The van der Waals surface area contributed by atoms with Gasteiger partial charge in [-0.3, -0.25) is 4.79 Å². The Hall–Kier alpha value is -2.36. The number of rotatable bonds is 4. The molecule has 0 aliphatic carbocycles. The van der Waals surface area contributed by atoms with Gasteiger partial charge in [-0.15, -0.1) is 0 Å². The second-order valence-electron chi connectivity index (χ2n) is 5.93. The summed E-state index contributed by atoms with van der Waals surface area (Å²) in [6.45, 7) is 1.85. The van der Waals surface area contributed by atoms with Crippen LogP contribution in [-0.2, 0) is 11.2 Å². The first-order chi connectivity index (χ1) is 11.2. The predicted octanol–water partition coefficient (Wildman–Crippen LogP) is 3.15. The molecule has 0 saturated carbocycles. The molecule has 23 heavy (non-hydrogen) atoms. The summed E-state index contributed by atoms with van der Waals surface area (Å²) in [6, 6.07) is 16.9. The van der Waals surface area contributed by atoms with Crippen molar-refractivity contribution < 1.29 is 9.18 Å². The molecule has 120 valence electrons. The highest BCUT2D eigenvalue weighted by Crippen LogP contribution is 2.19. The smallest absolute Gasteiger partial charge is 0.224 e. The summed E-state index contributed by atoms with van der Waals surface area (Å²) >= 11 is 0. The average molecular weight is 312 g/mol. The minimum Gasteiger partial charge on any atom is -0.371 e. The maximum atomic E-state index is 13.6. The van der Waals surface area contributed by atoms with Crippen LogP contribution >= 0.6 is 0 Å². The highest BCUT2D eigenvalue weighted by atomic mass is 19.1. The molecule has 1 fully saturated rings. The van der Waals surface area contributed by atoms with Gasteiger partial charge in [0.2, 0.25) is 5.91 Å². The van der Waals surface area contributed by atoms with Crippen LogP contribution in [0.25, 0.3) is 0 Å². The van der Waals surface area contributed by atoms with Gasteiger partial charge in [-0.25, -0.2) is 4.39 Å². The number of hydrogen-bond acceptors (Lipinski definition) is 2. The minimum absolute atomic E-state index is 0.103. The van der Waals surface area contributed by atoms with E-state index in [0.29, 0.717) is 5.56 Å². The summed E-state index contributed by atoms with van der Waals surface area (Å²) in [5.74, 6) is -0.421. The quantitative estimate of drug-likeness (QED) is 0.940. The first-order valence-corrected chi connectivity index (χ1v) is 8.05. The molecule has 3 rings (SSSR count). The summed E-state index contributed by atoms with van der Waals surface area (Å²) in [5, 5.41) is 3.03. The molecular weight excluding hydrogens is 291 g/mol. The first kappa shape index (κ1) is 15.5. The van der Waals surface area contributed by atoms with Crippen LogP contribution in [0, 0.1) is 5.82 Å². The van der Waals surface area contributed by atoms with E-state index >= 15 is 0 Å². The number of carbonyl (C=O) groups excluding carboxylic acids is 1. The SMILES string of the molecule is O=C(Cc1ccccc1F)NC1CCN(c2ccccc2)CC1. The van der Waals surface area contributed by atoms with Crippen molar-refractivity contribution in [1.82, 2.24) is 5.32 Å². The largest absolute Gasteiger partial charge is 0.371 e. The zero-order chi connectivity index (χ0) is 16.1. The molecule has 1 heterocycles. The molecule has 1 aliphatic heterocycles. The van der Waals surface area contributed by atoms with Crippen molar-refractivity contribution in [3.8, 4) is 0 Å². The summed E-state index contributed by atoms with van der Waals surface area (Å²) in [7, 11) is 0. The number of amides is 1. The fraction of sp³-hybridized carbons (Fsp3) is 0.316. The van der Waals surface area contributed by atoms with Crippen LogP contribution in [0.2, 0.25) is 0 Å². The summed E-state index contributed by atoms with van der Waals surface area (Å²) < 4.78 is 13.6. The van der Waals surface area contributed by atoms with E-state index in [9.17, 15) is 9.18 Å². The predicted molar refractivity (Wildman–Crippen MR) is 89.9 cm³/mol. The zero-order valence-corrected chi connectivity index (χ0v) is 13.0. The van der Waals surface area contributed by atoms with Crippen molar-refractivity contribution >= 4 is 11.6 Å². The van der Waals surface area contributed by atoms with Crippen molar-refractivity contribution in [1.29, 1.82) is 0 Å². The van der Waals surface area contributed by atoms with E-state index in [2.05, 4.69) is 22.3 Å². The van der Waals surface area contributed by atoms with Crippen molar-refractivity contribution in [3.05, 3.63) is 66.0 Å². The van der Waals surface area contributed by atoms with Crippen LogP contribution in [0.3, 0.4) is 0 Å². The minimum atomic E-state index is -0.318. The summed E-state index contributed by atoms with van der Waals surface area (Å²) in [5.41, 5.74) is 1.68. The molecule has 2 aromatic carbocycles. The molecule has 0 atom stereocenters. The van der Waals surface area contributed by atoms with Crippen molar-refractivity contribution in [2.45, 2.75) is 25.3 Å². The molecule has 1 aliphatic rings. The fourth-order valence-electron chi connectivity index (χ4n) is 3.01. The van der Waals surface area contributed by atoms with Crippen molar-refractivity contribution in [2.24, 2.45) is 0 Å². The molecule has 0 spiro atoms. The Morgan fingerprint density at radius 2 is 1.70 bits per heavy atom. The monoisotopic (exact) mass is 312 g/mol. The third-order valence-corrected chi connectivity index (χ3v) is 4.29. The standard InChI is InChI=1S/C19H21FN2O/c20-18-9-5-4-6-15(18)14-19(23)21-16-10-12-22(13-11-16)17-7-2-1-3-8-17/h1-9,16H,10-14H2,(H,21,23). The Labute approximate surface area is 136 Å². The van der Waals surface area contributed by atoms with E-state index in [1.165, 1.54) is 11.8 Å². The van der Waals surface area contributed by atoms with Gasteiger partial charge in [0.05, 0.1) is 6.42 Å². The summed E-state index contributed by atoms with van der Waals surface area (Å²) in [4.78, 5) is 14.4. The number of halogens is 1. The number of anilines is 1. The molecule has 3 nitrogen and oxygen atoms in total. The molecule has 0 aromatic heterocycles. The first-order valence-electron chi connectivity index (χ1n) is 8.05. The van der Waals surface area contributed by atoms with Crippen LogP contribution in [0.15, 0.2) is 54.6 Å². The molecular formula is C19H21FN2O. The van der Waals surface area contributed by atoms with Crippen LogP contribution in [0.5, 0.6) is 0 Å². The lowest BCUT2D eigenvalue weighted by Crippen LogP contribution is -2.45. The molecule has 0 unspecified atom stereocenters. The van der Waals surface area contributed by atoms with Crippen LogP contribution in [-0.4, -0.2) is 25.0 Å². The van der Waals surface area contributed by atoms with Crippen molar-refractivity contribution in [3.63, 3.8) is 0 Å². The number of benzene rings is 2. The van der Waals surface area contributed by atoms with Gasteiger partial charge in [0.1, 0.15) is 5.82 Å². The Morgan fingerprint density at radius 1 is 1.04 bits per heavy atom. The number of piperidine rings is 1. The molecule has 2 aromatic rings. The highest BCUT2D eigenvalue weighted by molar-refractivity contribution is 5.79. The lowest BCUT2D eigenvalue weighted by molar-refractivity contribution is -0.121. The number of para-hydroxylation sites is 1. The van der Waals surface area contributed by atoms with E-state index in [-0.39, 0.29) is 24.2 Å². The average Bonchev–Trinajstić information content (AvgIpc) is 2.58. The van der Waals surface area contributed by atoms with Gasteiger partial charge in [0.25, 0.3) is 0 Å². The molecule has 0 bridgehead atoms. The summed E-state index contributed by atoms with van der Waals surface area (Å²) in [6.07, 6.45) is 1.93. The van der Waals surface area contributed by atoms with Gasteiger partial charge < -0.3 is 10.2 Å². The maximum Gasteiger partial charge on any atom is 0.224 e. The van der Waals surface area contributed by atoms with Gasteiger partial charge in [0, 0.05) is 24.8 Å². The maximum absolute atomic E-state index is 13.6. The normalized spacial score (nSPS) is 15.4. The zero-order valence-electron chi connectivity index (χ0n) is 13.0. The van der Waals surface area contributed by atoms with E-state index in [0.717, 1.165) is 25.9 Å². The molecule has 0 radical (unpaired) electrons. The van der Waals surface area contributed by atoms with Gasteiger partial charge in [-0.2, -0.15) is 0 Å². The number of nitrogens with zero attached hydrogens (tertiary/aromatic N) is 1. The topological polar surface area (TPSA) is 32.3 Å². The fourth-order valence-corrected chi connectivity index (χ4v) is 3.01. The van der Waals surface area contributed by atoms with Gasteiger partial charge in [-0.1, -0.05) is 36.4 Å². The molecule has 4 heteroatoms. The highest BCUT2D eigenvalue weighted by Gasteiger charge is 2.21. The second kappa shape index (κ2) is 7.27. The van der Waals surface area contributed by atoms with E-state index in [1.54, 1.807) is 18.2 Å². The third-order valence-electron chi connectivity index (χ3n) is 4.29. The van der Waals surface area contributed by atoms with Crippen LogP contribution in [0.4, 0.5) is 10.1 Å².